The maximum Gasteiger partial charge on any atom is 0.255 e. The van der Waals surface area contributed by atoms with E-state index in [0.717, 1.165) is 22.6 Å². The fourth-order valence-electron chi connectivity index (χ4n) is 2.88. The van der Waals surface area contributed by atoms with Gasteiger partial charge in [-0.25, -0.2) is 9.37 Å². The molecule has 116 valence electrons. The maximum absolute atomic E-state index is 13.4. The molecule has 0 saturated heterocycles. The minimum Gasteiger partial charge on any atom is -0.329 e. The van der Waals surface area contributed by atoms with Crippen molar-refractivity contribution in [3.8, 4) is 11.3 Å². The molecule has 0 bridgehead atoms. The lowest BCUT2D eigenvalue weighted by Gasteiger charge is -2.28. The van der Waals surface area contributed by atoms with Gasteiger partial charge in [-0.05, 0) is 23.6 Å². The van der Waals surface area contributed by atoms with Crippen molar-refractivity contribution in [3.63, 3.8) is 0 Å². The molecule has 0 unspecified atom stereocenters. The largest absolute Gasteiger partial charge is 0.329 e. The van der Waals surface area contributed by atoms with Crippen LogP contribution in [-0.2, 0) is 13.1 Å². The quantitative estimate of drug-likeness (QED) is 0.723. The predicted molar refractivity (Wildman–Crippen MR) is 86.7 cm³/mol. The van der Waals surface area contributed by atoms with Gasteiger partial charge in [0, 0.05) is 24.0 Å². The van der Waals surface area contributed by atoms with Gasteiger partial charge in [0.1, 0.15) is 11.6 Å². The number of fused-ring (bicyclic) bond motifs is 1. The summed E-state index contributed by atoms with van der Waals surface area (Å²) in [6.45, 7) is 1.77. The van der Waals surface area contributed by atoms with Gasteiger partial charge in [-0.1, -0.05) is 12.1 Å². The van der Waals surface area contributed by atoms with Crippen LogP contribution < -0.4 is 0 Å². The number of thiophene rings is 1. The van der Waals surface area contributed by atoms with E-state index in [1.165, 1.54) is 23.5 Å². The fourth-order valence-corrected chi connectivity index (χ4v) is 3.51. The number of benzene rings is 1. The van der Waals surface area contributed by atoms with E-state index < -0.39 is 0 Å². The molecular weight excluding hydrogens is 313 g/mol. The predicted octanol–water partition coefficient (Wildman–Crippen LogP) is 3.41. The van der Waals surface area contributed by atoms with Gasteiger partial charge in [0.05, 0.1) is 24.0 Å². The lowest BCUT2D eigenvalue weighted by atomic mass is 10.1. The van der Waals surface area contributed by atoms with Gasteiger partial charge < -0.3 is 9.47 Å². The summed E-state index contributed by atoms with van der Waals surface area (Å²) in [6, 6.07) is 8.34. The number of carbonyl (C=O) groups excluding carboxylic acids is 1. The van der Waals surface area contributed by atoms with Gasteiger partial charge >= 0.3 is 0 Å². The smallest absolute Gasteiger partial charge is 0.255 e. The maximum atomic E-state index is 13.4. The van der Waals surface area contributed by atoms with Crippen LogP contribution in [0.5, 0.6) is 0 Å². The number of rotatable bonds is 2. The Balaban J connectivity index is 1.61. The van der Waals surface area contributed by atoms with Crippen LogP contribution in [0.4, 0.5) is 4.39 Å². The molecule has 4 rings (SSSR count). The van der Waals surface area contributed by atoms with Crippen LogP contribution in [0, 0.1) is 5.82 Å². The molecule has 0 atom stereocenters. The first-order valence-corrected chi connectivity index (χ1v) is 8.28. The standard InChI is InChI=1S/C17H14FN3OS/c18-14-3-1-2-12(8-14)15-9-19-16-10-20(5-6-21(15)16)17(22)13-4-7-23-11-13/h1-4,7-9,11H,5-6,10H2. The van der Waals surface area contributed by atoms with Crippen LogP contribution in [0.3, 0.4) is 0 Å². The second-order valence-corrected chi connectivity index (χ2v) is 6.24. The summed E-state index contributed by atoms with van der Waals surface area (Å²) < 4.78 is 15.5. The average Bonchev–Trinajstić information content (AvgIpc) is 3.23. The first-order chi connectivity index (χ1) is 11.2. The van der Waals surface area contributed by atoms with Gasteiger partial charge in [0.2, 0.25) is 0 Å². The summed E-state index contributed by atoms with van der Waals surface area (Å²) in [4.78, 5) is 18.7. The molecule has 1 amide bonds. The van der Waals surface area contributed by atoms with E-state index in [4.69, 9.17) is 0 Å². The lowest BCUT2D eigenvalue weighted by molar-refractivity contribution is 0.0708. The number of amides is 1. The third-order valence-corrected chi connectivity index (χ3v) is 4.72. The average molecular weight is 327 g/mol. The van der Waals surface area contributed by atoms with Crippen molar-refractivity contribution in [2.45, 2.75) is 13.1 Å². The molecule has 0 saturated carbocycles. The molecule has 4 nitrogen and oxygen atoms in total. The van der Waals surface area contributed by atoms with E-state index in [1.54, 1.807) is 17.2 Å². The van der Waals surface area contributed by atoms with E-state index >= 15 is 0 Å². The second kappa shape index (κ2) is 5.62. The lowest BCUT2D eigenvalue weighted by Crippen LogP contribution is -2.38. The summed E-state index contributed by atoms with van der Waals surface area (Å²) >= 11 is 1.52. The van der Waals surface area contributed by atoms with Gasteiger partial charge in [-0.2, -0.15) is 11.3 Å². The zero-order valence-electron chi connectivity index (χ0n) is 12.3. The Labute approximate surface area is 136 Å². The van der Waals surface area contributed by atoms with Gasteiger partial charge in [0.15, 0.2) is 0 Å². The van der Waals surface area contributed by atoms with Crippen LogP contribution >= 0.6 is 11.3 Å². The highest BCUT2D eigenvalue weighted by atomic mass is 32.1. The number of nitrogens with zero attached hydrogens (tertiary/aromatic N) is 3. The van der Waals surface area contributed by atoms with Crippen LogP contribution in [0.15, 0.2) is 47.3 Å². The number of imidazole rings is 1. The number of halogens is 1. The second-order valence-electron chi connectivity index (χ2n) is 5.46. The van der Waals surface area contributed by atoms with Crippen molar-refractivity contribution in [1.29, 1.82) is 0 Å². The van der Waals surface area contributed by atoms with E-state index in [1.807, 2.05) is 22.9 Å². The third kappa shape index (κ3) is 2.55. The fraction of sp³-hybridized carbons (Fsp3) is 0.176. The molecule has 0 N–H and O–H groups in total. The molecule has 0 spiro atoms. The highest BCUT2D eigenvalue weighted by molar-refractivity contribution is 7.08. The monoisotopic (exact) mass is 327 g/mol. The first kappa shape index (κ1) is 14.1. The topological polar surface area (TPSA) is 38.1 Å². The Morgan fingerprint density at radius 1 is 1.26 bits per heavy atom. The number of aromatic nitrogens is 2. The summed E-state index contributed by atoms with van der Waals surface area (Å²) in [5, 5.41) is 3.77. The number of hydrogen-bond acceptors (Lipinski definition) is 3. The van der Waals surface area contributed by atoms with Gasteiger partial charge in [0.25, 0.3) is 5.91 Å². The van der Waals surface area contributed by atoms with Crippen molar-refractivity contribution in [3.05, 3.63) is 64.5 Å². The molecule has 1 aliphatic rings. The van der Waals surface area contributed by atoms with E-state index in [-0.39, 0.29) is 11.7 Å². The molecule has 23 heavy (non-hydrogen) atoms. The Kier molecular flexibility index (Phi) is 3.46. The van der Waals surface area contributed by atoms with Gasteiger partial charge in [-0.3, -0.25) is 4.79 Å². The molecular formula is C17H14FN3OS. The van der Waals surface area contributed by atoms with Gasteiger partial charge in [-0.15, -0.1) is 0 Å². The van der Waals surface area contributed by atoms with Crippen LogP contribution in [0.2, 0.25) is 0 Å². The van der Waals surface area contributed by atoms with Crippen molar-refractivity contribution in [2.75, 3.05) is 6.54 Å². The number of carbonyl (C=O) groups is 1. The molecule has 2 aromatic heterocycles. The number of hydrogen-bond donors (Lipinski definition) is 0. The highest BCUT2D eigenvalue weighted by Crippen LogP contribution is 2.25. The zero-order valence-corrected chi connectivity index (χ0v) is 13.1. The van der Waals surface area contributed by atoms with Crippen LogP contribution in [0.1, 0.15) is 16.2 Å². The normalized spacial score (nSPS) is 13.9. The molecule has 6 heteroatoms. The molecule has 0 aliphatic carbocycles. The van der Waals surface area contributed by atoms with Crippen molar-refractivity contribution >= 4 is 17.2 Å². The molecule has 1 aromatic carbocycles. The van der Waals surface area contributed by atoms with E-state index in [0.29, 0.717) is 19.6 Å². The van der Waals surface area contributed by atoms with Crippen molar-refractivity contribution in [2.24, 2.45) is 0 Å². The summed E-state index contributed by atoms with van der Waals surface area (Å²) in [5.74, 6) is 0.606. The van der Waals surface area contributed by atoms with E-state index in [2.05, 4.69) is 9.55 Å². The SMILES string of the molecule is O=C(c1ccsc1)N1CCn2c(-c3cccc(F)c3)cnc2C1. The highest BCUT2D eigenvalue weighted by Gasteiger charge is 2.24. The minimum atomic E-state index is -0.261. The summed E-state index contributed by atoms with van der Waals surface area (Å²) in [7, 11) is 0. The summed E-state index contributed by atoms with van der Waals surface area (Å²) in [5.41, 5.74) is 2.42. The third-order valence-electron chi connectivity index (χ3n) is 4.04. The molecule has 0 radical (unpaired) electrons. The Bertz CT molecular complexity index is 857. The molecule has 0 fully saturated rings. The van der Waals surface area contributed by atoms with Crippen LogP contribution in [0.25, 0.3) is 11.3 Å². The minimum absolute atomic E-state index is 0.0350. The molecule has 3 aromatic rings. The van der Waals surface area contributed by atoms with Crippen LogP contribution in [-0.4, -0.2) is 26.9 Å². The first-order valence-electron chi connectivity index (χ1n) is 7.34. The Morgan fingerprint density at radius 3 is 2.96 bits per heavy atom. The Morgan fingerprint density at radius 2 is 2.17 bits per heavy atom. The van der Waals surface area contributed by atoms with Crippen molar-refractivity contribution < 1.29 is 9.18 Å². The Hall–Kier alpha value is -2.47. The summed E-state index contributed by atoms with van der Waals surface area (Å²) in [6.07, 6.45) is 1.75. The molecule has 1 aliphatic heterocycles. The zero-order chi connectivity index (χ0) is 15.8. The van der Waals surface area contributed by atoms with E-state index in [9.17, 15) is 9.18 Å². The van der Waals surface area contributed by atoms with Crippen molar-refractivity contribution in [1.82, 2.24) is 14.5 Å². The molecule has 3 heterocycles.